The van der Waals surface area contributed by atoms with Gasteiger partial charge in [-0.25, -0.2) is 4.79 Å². The van der Waals surface area contributed by atoms with Crippen molar-refractivity contribution in [1.29, 1.82) is 0 Å². The van der Waals surface area contributed by atoms with Gasteiger partial charge in [-0.3, -0.25) is 0 Å². The zero-order valence-corrected chi connectivity index (χ0v) is 11.4. The van der Waals surface area contributed by atoms with Crippen LogP contribution in [0.5, 0.6) is 11.5 Å². The highest BCUT2D eigenvalue weighted by Gasteiger charge is 2.08. The van der Waals surface area contributed by atoms with E-state index >= 15 is 0 Å². The molecule has 0 aliphatic rings. The summed E-state index contributed by atoms with van der Waals surface area (Å²) in [6.45, 7) is 0. The topological polar surface area (TPSA) is 72.5 Å². The van der Waals surface area contributed by atoms with Crippen molar-refractivity contribution in [2.45, 2.75) is 0 Å². The van der Waals surface area contributed by atoms with Crippen LogP contribution in [0.1, 0.15) is 10.4 Å². The molecule has 92 valence electrons. The van der Waals surface area contributed by atoms with Gasteiger partial charge in [0, 0.05) is 15.3 Å². The Morgan fingerprint density at radius 1 is 1.11 bits per heavy atom. The van der Waals surface area contributed by atoms with Gasteiger partial charge in [-0.1, -0.05) is 0 Å². The highest BCUT2D eigenvalue weighted by Crippen LogP contribution is 2.25. The summed E-state index contributed by atoms with van der Waals surface area (Å²) in [7, 11) is 0. The number of hydrogen-bond acceptors (Lipinski definition) is 3. The summed E-state index contributed by atoms with van der Waals surface area (Å²) in [5.41, 5.74) is 5.90. The third kappa shape index (κ3) is 2.92. The van der Waals surface area contributed by atoms with Gasteiger partial charge in [0.05, 0.1) is 5.56 Å². The molecule has 0 saturated carbocycles. The van der Waals surface area contributed by atoms with Crippen LogP contribution < -0.4 is 10.5 Å². The van der Waals surface area contributed by atoms with Crippen LogP contribution in [0.15, 0.2) is 42.5 Å². The first kappa shape index (κ1) is 12.7. The van der Waals surface area contributed by atoms with Gasteiger partial charge in [-0.2, -0.15) is 0 Å². The SMILES string of the molecule is Nc1cc(Oc2ccc(I)cc2)ccc1C(=O)O. The molecule has 0 unspecified atom stereocenters. The predicted molar refractivity (Wildman–Crippen MR) is 77.0 cm³/mol. The van der Waals surface area contributed by atoms with Crippen molar-refractivity contribution < 1.29 is 14.6 Å². The van der Waals surface area contributed by atoms with E-state index in [0.717, 1.165) is 3.57 Å². The normalized spacial score (nSPS) is 10.1. The van der Waals surface area contributed by atoms with E-state index < -0.39 is 5.97 Å². The lowest BCUT2D eigenvalue weighted by molar-refractivity contribution is 0.0698. The summed E-state index contributed by atoms with van der Waals surface area (Å²) in [6.07, 6.45) is 0. The molecule has 0 aliphatic carbocycles. The van der Waals surface area contributed by atoms with Crippen molar-refractivity contribution in [1.82, 2.24) is 0 Å². The Kier molecular flexibility index (Phi) is 3.71. The zero-order valence-electron chi connectivity index (χ0n) is 9.26. The maximum Gasteiger partial charge on any atom is 0.337 e. The fourth-order valence-electron chi connectivity index (χ4n) is 1.44. The number of ether oxygens (including phenoxy) is 1. The Morgan fingerprint density at radius 2 is 1.72 bits per heavy atom. The van der Waals surface area contributed by atoms with Crippen molar-refractivity contribution >= 4 is 34.2 Å². The van der Waals surface area contributed by atoms with E-state index in [1.165, 1.54) is 12.1 Å². The van der Waals surface area contributed by atoms with E-state index in [4.69, 9.17) is 15.6 Å². The minimum absolute atomic E-state index is 0.0740. The zero-order chi connectivity index (χ0) is 13.1. The monoisotopic (exact) mass is 355 g/mol. The standard InChI is InChI=1S/C13H10INO3/c14-8-1-3-9(4-2-8)18-10-5-6-11(13(16)17)12(15)7-10/h1-7H,15H2,(H,16,17). The van der Waals surface area contributed by atoms with Crippen LogP contribution in [-0.4, -0.2) is 11.1 Å². The van der Waals surface area contributed by atoms with Crippen molar-refractivity contribution in [2.75, 3.05) is 5.73 Å². The van der Waals surface area contributed by atoms with Crippen LogP contribution in [-0.2, 0) is 0 Å². The van der Waals surface area contributed by atoms with Gasteiger partial charge in [0.2, 0.25) is 0 Å². The maximum absolute atomic E-state index is 10.8. The molecule has 4 nitrogen and oxygen atoms in total. The molecule has 2 aromatic carbocycles. The Morgan fingerprint density at radius 3 is 2.28 bits per heavy atom. The second kappa shape index (κ2) is 5.26. The van der Waals surface area contributed by atoms with Crippen LogP contribution in [0.25, 0.3) is 0 Å². The molecule has 0 heterocycles. The molecule has 2 rings (SSSR count). The van der Waals surface area contributed by atoms with Crippen LogP contribution >= 0.6 is 22.6 Å². The number of benzene rings is 2. The van der Waals surface area contributed by atoms with Gasteiger partial charge in [0.25, 0.3) is 0 Å². The Hall–Kier alpha value is -1.76. The van der Waals surface area contributed by atoms with Crippen molar-refractivity contribution in [3.63, 3.8) is 0 Å². The van der Waals surface area contributed by atoms with Gasteiger partial charge in [-0.05, 0) is 59.0 Å². The van der Waals surface area contributed by atoms with Gasteiger partial charge in [0.15, 0.2) is 0 Å². The highest BCUT2D eigenvalue weighted by molar-refractivity contribution is 14.1. The molecule has 2 aromatic rings. The van der Waals surface area contributed by atoms with E-state index in [1.54, 1.807) is 6.07 Å². The Bertz CT molecular complexity index is 581. The molecule has 0 aromatic heterocycles. The molecule has 18 heavy (non-hydrogen) atoms. The number of rotatable bonds is 3. The van der Waals surface area contributed by atoms with Gasteiger partial charge >= 0.3 is 5.97 Å². The lowest BCUT2D eigenvalue weighted by Gasteiger charge is -2.07. The first-order chi connectivity index (χ1) is 8.56. The van der Waals surface area contributed by atoms with E-state index in [2.05, 4.69) is 22.6 Å². The number of carboxylic acid groups (broad SMARTS) is 1. The fraction of sp³-hybridized carbons (Fsp3) is 0. The molecular formula is C13H10INO3. The number of carbonyl (C=O) groups is 1. The number of anilines is 1. The Balaban J connectivity index is 2.22. The average Bonchev–Trinajstić information content (AvgIpc) is 2.32. The van der Waals surface area contributed by atoms with Gasteiger partial charge < -0.3 is 15.6 Å². The highest BCUT2D eigenvalue weighted by atomic mass is 127. The van der Waals surface area contributed by atoms with Crippen molar-refractivity contribution in [3.8, 4) is 11.5 Å². The maximum atomic E-state index is 10.8. The largest absolute Gasteiger partial charge is 0.478 e. The third-order valence-corrected chi connectivity index (χ3v) is 3.02. The second-order valence-corrected chi connectivity index (χ2v) is 4.86. The van der Waals surface area contributed by atoms with Crippen LogP contribution in [0.3, 0.4) is 0 Å². The smallest absolute Gasteiger partial charge is 0.337 e. The number of nitrogen functional groups attached to an aromatic ring is 1. The minimum Gasteiger partial charge on any atom is -0.478 e. The molecule has 0 amide bonds. The summed E-state index contributed by atoms with van der Waals surface area (Å²) >= 11 is 2.20. The molecule has 5 heteroatoms. The third-order valence-electron chi connectivity index (χ3n) is 2.30. The van der Waals surface area contributed by atoms with Crippen molar-refractivity contribution in [3.05, 3.63) is 51.6 Å². The lowest BCUT2D eigenvalue weighted by Crippen LogP contribution is -2.02. The summed E-state index contributed by atoms with van der Waals surface area (Å²) in [5.74, 6) is 0.143. The molecule has 3 N–H and O–H groups in total. The van der Waals surface area contributed by atoms with Crippen LogP contribution in [0, 0.1) is 3.57 Å². The van der Waals surface area contributed by atoms with E-state index in [0.29, 0.717) is 11.5 Å². The number of nitrogens with two attached hydrogens (primary N) is 1. The van der Waals surface area contributed by atoms with E-state index in [9.17, 15) is 4.79 Å². The molecule has 0 radical (unpaired) electrons. The number of aromatic carboxylic acids is 1. The minimum atomic E-state index is -1.05. The Labute approximate surface area is 118 Å². The molecule has 0 bridgehead atoms. The molecule has 0 aliphatic heterocycles. The molecule has 0 spiro atoms. The van der Waals surface area contributed by atoms with E-state index in [-0.39, 0.29) is 11.3 Å². The fourth-order valence-corrected chi connectivity index (χ4v) is 1.80. The lowest BCUT2D eigenvalue weighted by atomic mass is 10.2. The van der Waals surface area contributed by atoms with Gasteiger partial charge in [0.1, 0.15) is 11.5 Å². The first-order valence-electron chi connectivity index (χ1n) is 5.12. The summed E-state index contributed by atoms with van der Waals surface area (Å²) in [6, 6.07) is 12.0. The number of hydrogen-bond donors (Lipinski definition) is 2. The second-order valence-electron chi connectivity index (χ2n) is 3.61. The summed E-state index contributed by atoms with van der Waals surface area (Å²) in [4.78, 5) is 10.8. The number of carboxylic acids is 1. The summed E-state index contributed by atoms with van der Waals surface area (Å²) in [5, 5.41) is 8.86. The van der Waals surface area contributed by atoms with Crippen molar-refractivity contribution in [2.24, 2.45) is 0 Å². The van der Waals surface area contributed by atoms with Crippen LogP contribution in [0.4, 0.5) is 5.69 Å². The van der Waals surface area contributed by atoms with E-state index in [1.807, 2.05) is 24.3 Å². The molecule has 0 saturated heterocycles. The molecule has 0 atom stereocenters. The summed E-state index contributed by atoms with van der Waals surface area (Å²) < 4.78 is 6.68. The molecule has 0 fully saturated rings. The quantitative estimate of drug-likeness (QED) is 0.654. The molecular weight excluding hydrogens is 345 g/mol. The first-order valence-corrected chi connectivity index (χ1v) is 6.20. The predicted octanol–water partition coefficient (Wildman–Crippen LogP) is 3.36. The number of halogens is 1. The average molecular weight is 355 g/mol. The van der Waals surface area contributed by atoms with Crippen LogP contribution in [0.2, 0.25) is 0 Å². The van der Waals surface area contributed by atoms with Gasteiger partial charge in [-0.15, -0.1) is 0 Å².